The van der Waals surface area contributed by atoms with Gasteiger partial charge in [0, 0.05) is 19.7 Å². The number of halogens is 1. The van der Waals surface area contributed by atoms with Crippen LogP contribution in [0, 0.1) is 18.8 Å². The Bertz CT molecular complexity index is 730. The van der Waals surface area contributed by atoms with Gasteiger partial charge in [-0.15, -0.1) is 12.4 Å². The van der Waals surface area contributed by atoms with Crippen molar-refractivity contribution in [3.63, 3.8) is 0 Å². The highest BCUT2D eigenvalue weighted by Gasteiger charge is 2.34. The molecular weight excluding hydrogens is 404 g/mol. The topological polar surface area (TPSA) is 92.9 Å². The maximum atomic E-state index is 12.6. The van der Waals surface area contributed by atoms with Gasteiger partial charge < -0.3 is 20.5 Å². The summed E-state index contributed by atoms with van der Waals surface area (Å²) in [6.45, 7) is 2.81. The molecule has 0 aromatic heterocycles. The largest absolute Gasteiger partial charge is 0.478 e. The lowest BCUT2D eigenvalue weighted by atomic mass is 9.78. The van der Waals surface area contributed by atoms with Crippen molar-refractivity contribution in [1.82, 2.24) is 4.90 Å². The van der Waals surface area contributed by atoms with Crippen LogP contribution in [0.15, 0.2) is 18.2 Å². The zero-order valence-corrected chi connectivity index (χ0v) is 18.8. The van der Waals surface area contributed by atoms with Gasteiger partial charge in [0.15, 0.2) is 0 Å². The van der Waals surface area contributed by atoms with Crippen LogP contribution < -0.4 is 5.73 Å². The van der Waals surface area contributed by atoms with Crippen molar-refractivity contribution in [2.24, 2.45) is 17.6 Å². The van der Waals surface area contributed by atoms with E-state index in [1.165, 1.54) is 6.42 Å². The van der Waals surface area contributed by atoms with E-state index in [1.54, 1.807) is 6.07 Å². The highest BCUT2D eigenvalue weighted by Crippen LogP contribution is 2.32. The monoisotopic (exact) mass is 438 g/mol. The number of nitrogens with zero attached hydrogens (tertiary/aromatic N) is 1. The maximum absolute atomic E-state index is 12.6. The van der Waals surface area contributed by atoms with Crippen LogP contribution in [0.2, 0.25) is 0 Å². The minimum absolute atomic E-state index is 0. The van der Waals surface area contributed by atoms with Crippen LogP contribution in [0.3, 0.4) is 0 Å². The Hall–Kier alpha value is -1.63. The molecule has 3 N–H and O–H groups in total. The first-order valence-corrected chi connectivity index (χ1v) is 10.8. The standard InChI is InChI=1S/C23H34N2O4.ClH/c1-15-6-9-18(20(12-15)23(27)28)14-29-13-16-7-10-17(11-8-16)21(24)22(26)25(2)19-4-3-5-19;/h6,9,12,16-17,19,21H,3-5,7-8,10-11,13-14,24H2,1-2H3,(H,27,28);1H/t16?,17?,21-;/m0./s1. The number of benzene rings is 1. The molecule has 0 unspecified atom stereocenters. The number of aromatic carboxylic acids is 1. The number of hydrogen-bond donors (Lipinski definition) is 2. The Balaban J connectivity index is 0.00000320. The Labute approximate surface area is 185 Å². The number of ether oxygens (including phenoxy) is 1. The second kappa shape index (κ2) is 11.1. The summed E-state index contributed by atoms with van der Waals surface area (Å²) < 4.78 is 5.86. The van der Waals surface area contributed by atoms with Crippen molar-refractivity contribution < 1.29 is 19.4 Å². The van der Waals surface area contributed by atoms with Gasteiger partial charge in [0.1, 0.15) is 0 Å². The van der Waals surface area contributed by atoms with E-state index in [-0.39, 0.29) is 24.2 Å². The van der Waals surface area contributed by atoms with Gasteiger partial charge in [0.2, 0.25) is 5.91 Å². The van der Waals surface area contributed by atoms with E-state index in [9.17, 15) is 14.7 Å². The number of rotatable bonds is 8. The van der Waals surface area contributed by atoms with Gasteiger partial charge in [-0.25, -0.2) is 4.79 Å². The fourth-order valence-electron chi connectivity index (χ4n) is 4.46. The van der Waals surface area contributed by atoms with Crippen LogP contribution in [0.25, 0.3) is 0 Å². The highest BCUT2D eigenvalue weighted by atomic mass is 35.5. The van der Waals surface area contributed by atoms with Crippen molar-refractivity contribution in [2.75, 3.05) is 13.7 Å². The number of likely N-dealkylation sites (N-methyl/N-ethyl adjacent to an activating group) is 1. The van der Waals surface area contributed by atoms with E-state index in [0.29, 0.717) is 36.3 Å². The Kier molecular flexibility index (Phi) is 9.13. The lowest BCUT2D eigenvalue weighted by Crippen LogP contribution is -2.52. The molecule has 2 fully saturated rings. The van der Waals surface area contributed by atoms with E-state index in [1.807, 2.05) is 31.0 Å². The fourth-order valence-corrected chi connectivity index (χ4v) is 4.46. The highest BCUT2D eigenvalue weighted by molar-refractivity contribution is 5.89. The van der Waals surface area contributed by atoms with Gasteiger partial charge in [-0.1, -0.05) is 17.7 Å². The van der Waals surface area contributed by atoms with Gasteiger partial charge in [-0.2, -0.15) is 0 Å². The molecule has 1 amide bonds. The van der Waals surface area contributed by atoms with E-state index >= 15 is 0 Å². The number of carboxylic acids is 1. The van der Waals surface area contributed by atoms with Gasteiger partial charge in [-0.3, -0.25) is 4.79 Å². The summed E-state index contributed by atoms with van der Waals surface area (Å²) in [5.41, 5.74) is 8.26. The molecule has 0 spiro atoms. The van der Waals surface area contributed by atoms with Crippen LogP contribution >= 0.6 is 12.4 Å². The predicted octanol–water partition coefficient (Wildman–Crippen LogP) is 3.78. The van der Waals surface area contributed by atoms with Crippen molar-refractivity contribution in [2.45, 2.75) is 70.6 Å². The zero-order chi connectivity index (χ0) is 21.0. The molecule has 7 heteroatoms. The summed E-state index contributed by atoms with van der Waals surface area (Å²) in [5, 5.41) is 9.36. The van der Waals surface area contributed by atoms with E-state index < -0.39 is 12.0 Å². The first-order valence-electron chi connectivity index (χ1n) is 10.8. The molecular formula is C23H35ClN2O4. The average Bonchev–Trinajstić information content (AvgIpc) is 2.67. The van der Waals surface area contributed by atoms with Crippen LogP contribution in [-0.2, 0) is 16.1 Å². The first kappa shape index (κ1) is 24.6. The third-order valence-electron chi connectivity index (χ3n) is 6.76. The molecule has 1 atom stereocenters. The number of carboxylic acid groups (broad SMARTS) is 1. The SMILES string of the molecule is Cc1ccc(COCC2CCC([C@H](N)C(=O)N(C)C3CCC3)CC2)c(C(=O)O)c1.Cl. The fraction of sp³-hybridized carbons (Fsp3) is 0.652. The van der Waals surface area contributed by atoms with E-state index in [4.69, 9.17) is 10.5 Å². The maximum Gasteiger partial charge on any atom is 0.336 e. The molecule has 0 saturated heterocycles. The third kappa shape index (κ3) is 5.96. The van der Waals surface area contributed by atoms with E-state index in [2.05, 4.69) is 0 Å². The number of amides is 1. The summed E-state index contributed by atoms with van der Waals surface area (Å²) in [6.07, 6.45) is 7.30. The molecule has 3 rings (SSSR count). The second-order valence-corrected chi connectivity index (χ2v) is 8.82. The Morgan fingerprint density at radius 1 is 1.20 bits per heavy atom. The lowest BCUT2D eigenvalue weighted by Gasteiger charge is -2.38. The second-order valence-electron chi connectivity index (χ2n) is 8.82. The molecule has 168 valence electrons. The molecule has 0 bridgehead atoms. The third-order valence-corrected chi connectivity index (χ3v) is 6.76. The van der Waals surface area contributed by atoms with Crippen molar-refractivity contribution in [3.8, 4) is 0 Å². The molecule has 30 heavy (non-hydrogen) atoms. The number of carbonyl (C=O) groups excluding carboxylic acids is 1. The van der Waals surface area contributed by atoms with Gasteiger partial charge in [-0.05, 0) is 75.3 Å². The molecule has 0 radical (unpaired) electrons. The minimum atomic E-state index is -0.918. The van der Waals surface area contributed by atoms with Gasteiger partial charge in [0.05, 0.1) is 18.2 Å². The van der Waals surface area contributed by atoms with E-state index in [0.717, 1.165) is 44.1 Å². The molecule has 1 aromatic carbocycles. The van der Waals surface area contributed by atoms with Gasteiger partial charge >= 0.3 is 5.97 Å². The first-order chi connectivity index (χ1) is 13.9. The van der Waals surface area contributed by atoms with Crippen molar-refractivity contribution in [1.29, 1.82) is 0 Å². The quantitative estimate of drug-likeness (QED) is 0.644. The van der Waals surface area contributed by atoms with Crippen LogP contribution in [0.1, 0.15) is 66.4 Å². The van der Waals surface area contributed by atoms with Crippen molar-refractivity contribution in [3.05, 3.63) is 34.9 Å². The predicted molar refractivity (Wildman–Crippen MR) is 119 cm³/mol. The van der Waals surface area contributed by atoms with Crippen molar-refractivity contribution >= 4 is 24.3 Å². The molecule has 0 aliphatic heterocycles. The summed E-state index contributed by atoms with van der Waals surface area (Å²) in [4.78, 5) is 25.9. The zero-order valence-electron chi connectivity index (χ0n) is 18.0. The molecule has 2 saturated carbocycles. The summed E-state index contributed by atoms with van der Waals surface area (Å²) in [7, 11) is 1.89. The smallest absolute Gasteiger partial charge is 0.336 e. The van der Waals surface area contributed by atoms with Crippen LogP contribution in [-0.4, -0.2) is 47.6 Å². The molecule has 1 aromatic rings. The Morgan fingerprint density at radius 2 is 1.87 bits per heavy atom. The normalized spacial score (nSPS) is 22.5. The van der Waals surface area contributed by atoms with Crippen LogP contribution in [0.5, 0.6) is 0 Å². The number of carbonyl (C=O) groups is 2. The molecule has 2 aliphatic carbocycles. The molecule has 0 heterocycles. The Morgan fingerprint density at radius 3 is 2.43 bits per heavy atom. The summed E-state index contributed by atoms with van der Waals surface area (Å²) >= 11 is 0. The lowest BCUT2D eigenvalue weighted by molar-refractivity contribution is -0.136. The minimum Gasteiger partial charge on any atom is -0.478 e. The summed E-state index contributed by atoms with van der Waals surface area (Å²) in [6, 6.07) is 5.42. The number of hydrogen-bond acceptors (Lipinski definition) is 4. The molecule has 2 aliphatic rings. The summed E-state index contributed by atoms with van der Waals surface area (Å²) in [5.74, 6) is -0.137. The molecule has 6 nitrogen and oxygen atoms in total. The number of aryl methyl sites for hydroxylation is 1. The average molecular weight is 439 g/mol. The van der Waals surface area contributed by atoms with Gasteiger partial charge in [0.25, 0.3) is 0 Å². The number of nitrogens with two attached hydrogens (primary N) is 1. The van der Waals surface area contributed by atoms with Crippen LogP contribution in [0.4, 0.5) is 0 Å².